The number of nitrogens with one attached hydrogen (secondary N) is 1. The minimum atomic E-state index is -1.89. The Hall–Kier alpha value is -3.06. The lowest BCUT2D eigenvalue weighted by atomic mass is 9.80. The van der Waals surface area contributed by atoms with E-state index in [1.165, 1.54) is 0 Å². The van der Waals surface area contributed by atoms with E-state index in [0.29, 0.717) is 17.0 Å². The predicted molar refractivity (Wildman–Crippen MR) is 91.4 cm³/mol. The van der Waals surface area contributed by atoms with E-state index in [1.54, 1.807) is 42.5 Å². The zero-order chi connectivity index (χ0) is 18.1. The summed E-state index contributed by atoms with van der Waals surface area (Å²) in [5, 5.41) is 25.1. The van der Waals surface area contributed by atoms with Crippen LogP contribution in [0.3, 0.4) is 0 Å². The molecule has 7 heteroatoms. The summed E-state index contributed by atoms with van der Waals surface area (Å²) in [6, 6.07) is 15.7. The third-order valence-corrected chi connectivity index (χ3v) is 4.48. The molecule has 0 bridgehead atoms. The summed E-state index contributed by atoms with van der Waals surface area (Å²) in [6.07, 6.45) is 0. The van der Waals surface area contributed by atoms with Gasteiger partial charge in [0, 0.05) is 0 Å². The van der Waals surface area contributed by atoms with Crippen LogP contribution >= 0.6 is 0 Å². The number of primary amides is 1. The Kier molecular flexibility index (Phi) is 4.10. The molecule has 25 heavy (non-hydrogen) atoms. The van der Waals surface area contributed by atoms with E-state index in [-0.39, 0.29) is 0 Å². The lowest BCUT2D eigenvalue weighted by molar-refractivity contribution is -0.133. The highest BCUT2D eigenvalue weighted by molar-refractivity contribution is 5.88. The average molecular weight is 337 g/mol. The SMILES string of the molecule is CC(C)(c1ccc(C(O)(C(N)=O)c2ccccc2)cc1)c1nn[nH]n1. The molecule has 0 saturated carbocycles. The van der Waals surface area contributed by atoms with Gasteiger partial charge < -0.3 is 10.8 Å². The van der Waals surface area contributed by atoms with Gasteiger partial charge in [0.1, 0.15) is 0 Å². The van der Waals surface area contributed by atoms with Gasteiger partial charge in [-0.25, -0.2) is 0 Å². The number of aliphatic hydroxyl groups is 1. The molecule has 1 heterocycles. The number of aromatic nitrogens is 4. The number of benzene rings is 2. The molecule has 1 unspecified atom stereocenters. The summed E-state index contributed by atoms with van der Waals surface area (Å²) in [6.45, 7) is 3.93. The number of carbonyl (C=O) groups excluding carboxylic acids is 1. The average Bonchev–Trinajstić information content (AvgIpc) is 3.17. The van der Waals surface area contributed by atoms with Crippen LogP contribution in [0.25, 0.3) is 0 Å². The van der Waals surface area contributed by atoms with E-state index in [0.717, 1.165) is 5.56 Å². The zero-order valence-corrected chi connectivity index (χ0v) is 14.0. The molecule has 4 N–H and O–H groups in total. The summed E-state index contributed by atoms with van der Waals surface area (Å²) in [5.41, 5.74) is 4.88. The predicted octanol–water partition coefficient (Wildman–Crippen LogP) is 1.25. The van der Waals surface area contributed by atoms with E-state index < -0.39 is 16.9 Å². The monoisotopic (exact) mass is 337 g/mol. The molecular weight excluding hydrogens is 318 g/mol. The molecule has 0 fully saturated rings. The first-order valence-corrected chi connectivity index (χ1v) is 7.79. The van der Waals surface area contributed by atoms with Crippen LogP contribution in [0, 0.1) is 0 Å². The molecule has 0 radical (unpaired) electrons. The Bertz CT molecular complexity index is 860. The molecule has 0 aliphatic heterocycles. The van der Waals surface area contributed by atoms with Crippen LogP contribution < -0.4 is 5.73 Å². The number of nitrogens with zero attached hydrogens (tertiary/aromatic N) is 3. The van der Waals surface area contributed by atoms with Crippen molar-refractivity contribution >= 4 is 5.91 Å². The molecule has 3 aromatic rings. The van der Waals surface area contributed by atoms with Crippen LogP contribution in [-0.2, 0) is 15.8 Å². The van der Waals surface area contributed by atoms with Crippen molar-refractivity contribution in [3.05, 3.63) is 77.1 Å². The van der Waals surface area contributed by atoms with Crippen LogP contribution in [-0.4, -0.2) is 31.6 Å². The molecule has 128 valence electrons. The molecule has 2 aromatic carbocycles. The number of hydrogen-bond acceptors (Lipinski definition) is 5. The minimum absolute atomic E-state index is 0.402. The van der Waals surface area contributed by atoms with Gasteiger partial charge in [-0.1, -0.05) is 59.8 Å². The van der Waals surface area contributed by atoms with E-state index in [1.807, 2.05) is 26.0 Å². The van der Waals surface area contributed by atoms with Gasteiger partial charge in [0.05, 0.1) is 5.41 Å². The van der Waals surface area contributed by atoms with Crippen LogP contribution in [0.1, 0.15) is 36.4 Å². The number of hydrogen-bond donors (Lipinski definition) is 3. The quantitative estimate of drug-likeness (QED) is 0.647. The van der Waals surface area contributed by atoms with E-state index >= 15 is 0 Å². The van der Waals surface area contributed by atoms with E-state index in [4.69, 9.17) is 5.73 Å². The van der Waals surface area contributed by atoms with Gasteiger partial charge in [0.2, 0.25) is 0 Å². The largest absolute Gasteiger partial charge is 0.372 e. The number of aromatic amines is 1. The Labute approximate surface area is 144 Å². The van der Waals surface area contributed by atoms with Gasteiger partial charge in [0.15, 0.2) is 11.4 Å². The number of rotatable bonds is 5. The van der Waals surface area contributed by atoms with Gasteiger partial charge in [-0.2, -0.15) is 5.21 Å². The first kappa shape index (κ1) is 16.8. The van der Waals surface area contributed by atoms with Gasteiger partial charge in [-0.15, -0.1) is 10.2 Å². The number of nitrogens with two attached hydrogens (primary N) is 1. The Morgan fingerprint density at radius 1 is 1.00 bits per heavy atom. The van der Waals surface area contributed by atoms with Crippen molar-refractivity contribution in [3.8, 4) is 0 Å². The van der Waals surface area contributed by atoms with Gasteiger partial charge in [-0.3, -0.25) is 4.79 Å². The molecular formula is C18H19N5O2. The molecule has 0 aliphatic rings. The molecule has 0 saturated heterocycles. The van der Waals surface area contributed by atoms with E-state index in [9.17, 15) is 9.90 Å². The highest BCUT2D eigenvalue weighted by atomic mass is 16.3. The third-order valence-electron chi connectivity index (χ3n) is 4.48. The van der Waals surface area contributed by atoms with Crippen LogP contribution in [0.15, 0.2) is 54.6 Å². The minimum Gasteiger partial charge on any atom is -0.372 e. The zero-order valence-electron chi connectivity index (χ0n) is 14.0. The summed E-state index contributed by atoms with van der Waals surface area (Å²) in [4.78, 5) is 12.0. The summed E-state index contributed by atoms with van der Waals surface area (Å²) < 4.78 is 0. The maximum Gasteiger partial charge on any atom is 0.258 e. The highest BCUT2D eigenvalue weighted by Crippen LogP contribution is 2.33. The summed E-state index contributed by atoms with van der Waals surface area (Å²) >= 11 is 0. The number of tetrazole rings is 1. The molecule has 1 atom stereocenters. The van der Waals surface area contributed by atoms with Crippen molar-refractivity contribution in [3.63, 3.8) is 0 Å². The van der Waals surface area contributed by atoms with Gasteiger partial charge in [0.25, 0.3) is 5.91 Å². The normalized spacial score (nSPS) is 14.0. The second kappa shape index (κ2) is 6.10. The van der Waals surface area contributed by atoms with Crippen molar-refractivity contribution < 1.29 is 9.90 Å². The lowest BCUT2D eigenvalue weighted by Gasteiger charge is -2.27. The molecule has 1 amide bonds. The lowest BCUT2D eigenvalue weighted by Crippen LogP contribution is -2.42. The number of carbonyl (C=O) groups is 1. The molecule has 7 nitrogen and oxygen atoms in total. The smallest absolute Gasteiger partial charge is 0.258 e. The van der Waals surface area contributed by atoms with Crippen molar-refractivity contribution in [2.24, 2.45) is 5.73 Å². The number of amides is 1. The maximum atomic E-state index is 12.0. The molecule has 0 aliphatic carbocycles. The van der Waals surface area contributed by atoms with Crippen molar-refractivity contribution in [2.75, 3.05) is 0 Å². The topological polar surface area (TPSA) is 118 Å². The Balaban J connectivity index is 2.03. The Morgan fingerprint density at radius 3 is 2.08 bits per heavy atom. The Morgan fingerprint density at radius 2 is 1.56 bits per heavy atom. The molecule has 1 aromatic heterocycles. The fourth-order valence-corrected chi connectivity index (χ4v) is 2.81. The fourth-order valence-electron chi connectivity index (χ4n) is 2.81. The van der Waals surface area contributed by atoms with Crippen molar-refractivity contribution in [1.29, 1.82) is 0 Å². The maximum absolute atomic E-state index is 12.0. The second-order valence-corrected chi connectivity index (χ2v) is 6.38. The van der Waals surface area contributed by atoms with Gasteiger partial charge in [-0.05, 0) is 30.5 Å². The number of H-pyrrole nitrogens is 1. The van der Waals surface area contributed by atoms with E-state index in [2.05, 4.69) is 20.6 Å². The van der Waals surface area contributed by atoms with Crippen molar-refractivity contribution in [2.45, 2.75) is 24.9 Å². The first-order valence-electron chi connectivity index (χ1n) is 7.79. The summed E-state index contributed by atoms with van der Waals surface area (Å²) in [5.74, 6) is -0.280. The van der Waals surface area contributed by atoms with Crippen LogP contribution in [0.5, 0.6) is 0 Å². The molecule has 0 spiro atoms. The van der Waals surface area contributed by atoms with Crippen LogP contribution in [0.4, 0.5) is 0 Å². The van der Waals surface area contributed by atoms with Gasteiger partial charge >= 0.3 is 0 Å². The summed E-state index contributed by atoms with van der Waals surface area (Å²) in [7, 11) is 0. The standard InChI is InChI=1S/C18H19N5O2/c1-17(2,16-20-22-23-21-16)12-8-10-14(11-9-12)18(25,15(19)24)13-6-4-3-5-7-13/h3-11,25H,1-2H3,(H2,19,24)(H,20,21,22,23). The fraction of sp³-hybridized carbons (Fsp3) is 0.222. The second-order valence-electron chi connectivity index (χ2n) is 6.38. The van der Waals surface area contributed by atoms with Crippen molar-refractivity contribution in [1.82, 2.24) is 20.6 Å². The first-order chi connectivity index (χ1) is 11.9. The van der Waals surface area contributed by atoms with Crippen LogP contribution in [0.2, 0.25) is 0 Å². The third kappa shape index (κ3) is 2.78. The highest BCUT2D eigenvalue weighted by Gasteiger charge is 2.38. The molecule has 3 rings (SSSR count).